The van der Waals surface area contributed by atoms with E-state index in [2.05, 4.69) is 9.97 Å². The van der Waals surface area contributed by atoms with Gasteiger partial charge in [0, 0.05) is 6.07 Å². The Hall–Kier alpha value is -2.07. The molecule has 0 saturated heterocycles. The molecule has 2 heterocycles. The first-order valence-electron chi connectivity index (χ1n) is 4.23. The number of fused-ring (bicyclic) bond motifs is 1. The molecule has 0 aliphatic heterocycles. The quantitative estimate of drug-likeness (QED) is 0.738. The number of rotatable bonds is 0. The van der Waals surface area contributed by atoms with E-state index < -0.39 is 35.2 Å². The third kappa shape index (κ3) is 2.02. The van der Waals surface area contributed by atoms with E-state index in [0.29, 0.717) is 0 Å². The van der Waals surface area contributed by atoms with Gasteiger partial charge in [0.2, 0.25) is 5.82 Å². The minimum Gasteiger partial charge on any atom is -0.267 e. The van der Waals surface area contributed by atoms with Crippen LogP contribution in [-0.4, -0.2) is 19.6 Å². The molecule has 1 N–H and O–H groups in total. The van der Waals surface area contributed by atoms with E-state index in [1.165, 1.54) is 5.10 Å². The van der Waals surface area contributed by atoms with Crippen LogP contribution in [0.25, 0.3) is 5.78 Å². The molecule has 0 radical (unpaired) electrons. The standard InChI is InChI=1S/C7H2F6N4O/c8-6(9,10)2-1-3(18)17-5(14-2)15-4(16-17)7(11,12)13/h1H,(H,14,15,16). The van der Waals surface area contributed by atoms with Gasteiger partial charge in [0.25, 0.3) is 11.3 Å². The fourth-order valence-corrected chi connectivity index (χ4v) is 1.15. The molecule has 0 spiro atoms. The van der Waals surface area contributed by atoms with Crippen LogP contribution in [0.3, 0.4) is 0 Å². The molecule has 2 aromatic heterocycles. The fourth-order valence-electron chi connectivity index (χ4n) is 1.15. The van der Waals surface area contributed by atoms with Gasteiger partial charge in [-0.25, -0.2) is 4.98 Å². The topological polar surface area (TPSA) is 63.0 Å². The Bertz CT molecular complexity index is 650. The molecule has 18 heavy (non-hydrogen) atoms. The summed E-state index contributed by atoms with van der Waals surface area (Å²) in [7, 11) is 0. The second-order valence-electron chi connectivity index (χ2n) is 3.18. The summed E-state index contributed by atoms with van der Waals surface area (Å²) >= 11 is 0. The van der Waals surface area contributed by atoms with E-state index in [0.717, 1.165) is 0 Å². The lowest BCUT2D eigenvalue weighted by Crippen LogP contribution is -2.20. The van der Waals surface area contributed by atoms with Gasteiger partial charge >= 0.3 is 12.4 Å². The van der Waals surface area contributed by atoms with Crippen LogP contribution in [0.1, 0.15) is 11.5 Å². The summed E-state index contributed by atoms with van der Waals surface area (Å²) in [5, 5.41) is 1.52. The summed E-state index contributed by atoms with van der Waals surface area (Å²) in [5.41, 5.74) is -2.94. The van der Waals surface area contributed by atoms with E-state index in [9.17, 15) is 31.1 Å². The number of nitrogens with zero attached hydrogens (tertiary/aromatic N) is 3. The Kier molecular flexibility index (Phi) is 2.38. The van der Waals surface area contributed by atoms with Crippen molar-refractivity contribution in [1.29, 1.82) is 0 Å². The maximum atomic E-state index is 12.3. The van der Waals surface area contributed by atoms with E-state index >= 15 is 0 Å². The number of nitrogens with one attached hydrogen (secondary N) is 1. The summed E-state index contributed by atoms with van der Waals surface area (Å²) in [6, 6.07) is 0.0747. The van der Waals surface area contributed by atoms with E-state index in [1.807, 2.05) is 0 Å². The molecule has 0 fully saturated rings. The van der Waals surface area contributed by atoms with Crippen LogP contribution in [0.2, 0.25) is 0 Å². The first kappa shape index (κ1) is 12.4. The zero-order valence-corrected chi connectivity index (χ0v) is 8.10. The number of hydrogen-bond donors (Lipinski definition) is 1. The monoisotopic (exact) mass is 272 g/mol. The number of H-pyrrole nitrogens is 1. The third-order valence-electron chi connectivity index (χ3n) is 1.89. The lowest BCUT2D eigenvalue weighted by atomic mass is 10.4. The largest absolute Gasteiger partial charge is 0.451 e. The first-order valence-corrected chi connectivity index (χ1v) is 4.23. The Labute approximate surface area is 93.1 Å². The summed E-state index contributed by atoms with van der Waals surface area (Å²) < 4.78 is 73.7. The molecule has 0 saturated carbocycles. The molecule has 0 bridgehead atoms. The molecule has 0 amide bonds. The summed E-state index contributed by atoms with van der Waals surface area (Å²) in [6.45, 7) is 0. The van der Waals surface area contributed by atoms with Crippen molar-refractivity contribution in [1.82, 2.24) is 19.6 Å². The highest BCUT2D eigenvalue weighted by atomic mass is 19.4. The number of halogens is 6. The van der Waals surface area contributed by atoms with Crippen molar-refractivity contribution in [2.45, 2.75) is 12.4 Å². The summed E-state index contributed by atoms with van der Waals surface area (Å²) in [4.78, 5) is 16.8. The normalized spacial score (nSPS) is 13.2. The van der Waals surface area contributed by atoms with E-state index in [1.54, 1.807) is 0 Å². The van der Waals surface area contributed by atoms with Crippen molar-refractivity contribution in [2.75, 3.05) is 0 Å². The minimum absolute atomic E-state index is 0.0747. The smallest absolute Gasteiger partial charge is 0.267 e. The van der Waals surface area contributed by atoms with Crippen LogP contribution in [0.5, 0.6) is 0 Å². The maximum absolute atomic E-state index is 12.3. The fraction of sp³-hybridized carbons (Fsp3) is 0.286. The second kappa shape index (κ2) is 3.46. The van der Waals surface area contributed by atoms with Crippen LogP contribution in [0, 0.1) is 0 Å². The highest BCUT2D eigenvalue weighted by molar-refractivity contribution is 5.29. The number of aromatic nitrogens is 4. The molecule has 11 heteroatoms. The van der Waals surface area contributed by atoms with Crippen molar-refractivity contribution in [3.63, 3.8) is 0 Å². The van der Waals surface area contributed by atoms with Crippen LogP contribution < -0.4 is 5.56 Å². The third-order valence-corrected chi connectivity index (χ3v) is 1.89. The number of aromatic amines is 1. The zero-order chi connectivity index (χ0) is 13.7. The van der Waals surface area contributed by atoms with E-state index in [4.69, 9.17) is 0 Å². The van der Waals surface area contributed by atoms with Crippen molar-refractivity contribution in [2.24, 2.45) is 0 Å². The number of alkyl halides is 6. The molecule has 0 aromatic carbocycles. The molecule has 0 aliphatic rings. The van der Waals surface area contributed by atoms with Gasteiger partial charge in [-0.05, 0) is 0 Å². The SMILES string of the molecule is O=c1cc(C(F)(F)F)nc2nc(C(F)(F)F)[nH]n12. The predicted molar refractivity (Wildman–Crippen MR) is 43.6 cm³/mol. The van der Waals surface area contributed by atoms with Crippen molar-refractivity contribution in [3.8, 4) is 0 Å². The van der Waals surface area contributed by atoms with E-state index in [-0.39, 0.29) is 10.6 Å². The zero-order valence-electron chi connectivity index (χ0n) is 8.10. The van der Waals surface area contributed by atoms with Crippen molar-refractivity contribution < 1.29 is 26.3 Å². The lowest BCUT2D eigenvalue weighted by Gasteiger charge is -2.03. The lowest BCUT2D eigenvalue weighted by molar-refractivity contribution is -0.144. The van der Waals surface area contributed by atoms with Gasteiger partial charge in [-0.3, -0.25) is 9.89 Å². The van der Waals surface area contributed by atoms with Crippen LogP contribution >= 0.6 is 0 Å². The van der Waals surface area contributed by atoms with Gasteiger partial charge in [0.05, 0.1) is 0 Å². The molecule has 98 valence electrons. The Balaban J connectivity index is 2.71. The van der Waals surface area contributed by atoms with Gasteiger partial charge < -0.3 is 0 Å². The van der Waals surface area contributed by atoms with Gasteiger partial charge in [0.15, 0.2) is 5.69 Å². The molecule has 0 atom stereocenters. The van der Waals surface area contributed by atoms with Gasteiger partial charge in [-0.1, -0.05) is 0 Å². The Morgan fingerprint density at radius 3 is 2.17 bits per heavy atom. The van der Waals surface area contributed by atoms with Crippen LogP contribution in [0.15, 0.2) is 10.9 Å². The highest BCUT2D eigenvalue weighted by Crippen LogP contribution is 2.28. The molecule has 2 aromatic rings. The van der Waals surface area contributed by atoms with Gasteiger partial charge in [-0.15, -0.1) is 0 Å². The summed E-state index contributed by atoms with van der Waals surface area (Å²) in [5.74, 6) is -2.60. The predicted octanol–water partition coefficient (Wildman–Crippen LogP) is 1.46. The Morgan fingerprint density at radius 2 is 1.67 bits per heavy atom. The molecule has 5 nitrogen and oxygen atoms in total. The van der Waals surface area contributed by atoms with Crippen molar-refractivity contribution >= 4 is 5.78 Å². The van der Waals surface area contributed by atoms with Gasteiger partial charge in [0.1, 0.15) is 0 Å². The average Bonchev–Trinajstić information content (AvgIpc) is 2.59. The number of hydrogen-bond acceptors (Lipinski definition) is 3. The van der Waals surface area contributed by atoms with Crippen LogP contribution in [0.4, 0.5) is 26.3 Å². The molecular formula is C7H2F6N4O. The molecule has 0 aliphatic carbocycles. The average molecular weight is 272 g/mol. The van der Waals surface area contributed by atoms with Crippen LogP contribution in [-0.2, 0) is 12.4 Å². The minimum atomic E-state index is -4.94. The van der Waals surface area contributed by atoms with Gasteiger partial charge in [-0.2, -0.15) is 35.8 Å². The second-order valence-corrected chi connectivity index (χ2v) is 3.18. The maximum Gasteiger partial charge on any atom is 0.451 e. The molecule has 2 rings (SSSR count). The molecular weight excluding hydrogens is 270 g/mol. The Morgan fingerprint density at radius 1 is 1.06 bits per heavy atom. The van der Waals surface area contributed by atoms with Crippen molar-refractivity contribution in [3.05, 3.63) is 27.9 Å². The first-order chi connectivity index (χ1) is 8.09. The highest BCUT2D eigenvalue weighted by Gasteiger charge is 2.37. The summed E-state index contributed by atoms with van der Waals surface area (Å²) in [6.07, 6.45) is -9.86. The molecule has 0 unspecified atom stereocenters.